The number of ether oxygens (including phenoxy) is 1. The summed E-state index contributed by atoms with van der Waals surface area (Å²) >= 11 is 0. The van der Waals surface area contributed by atoms with Crippen LogP contribution < -0.4 is 9.64 Å². The zero-order valence-electron chi connectivity index (χ0n) is 15.9. The van der Waals surface area contributed by atoms with E-state index in [0.717, 1.165) is 30.0 Å². The van der Waals surface area contributed by atoms with Gasteiger partial charge in [-0.05, 0) is 53.8 Å². The second-order valence-corrected chi connectivity index (χ2v) is 6.45. The summed E-state index contributed by atoms with van der Waals surface area (Å²) < 4.78 is 5.23. The van der Waals surface area contributed by atoms with Crippen LogP contribution in [0.25, 0.3) is 5.57 Å². The van der Waals surface area contributed by atoms with Gasteiger partial charge in [0.15, 0.2) is 0 Å². The van der Waals surface area contributed by atoms with Gasteiger partial charge in [-0.3, -0.25) is 0 Å². The highest BCUT2D eigenvalue weighted by atomic mass is 16.5. The predicted molar refractivity (Wildman–Crippen MR) is 110 cm³/mol. The van der Waals surface area contributed by atoms with Gasteiger partial charge in [-0.25, -0.2) is 0 Å². The summed E-state index contributed by atoms with van der Waals surface area (Å²) in [5, 5.41) is 0. The first-order valence-electron chi connectivity index (χ1n) is 9.38. The molecule has 0 spiro atoms. The second-order valence-electron chi connectivity index (χ2n) is 6.45. The third-order valence-electron chi connectivity index (χ3n) is 4.58. The zero-order chi connectivity index (χ0) is 18.1. The van der Waals surface area contributed by atoms with Crippen LogP contribution in [0.15, 0.2) is 55.1 Å². The molecule has 0 unspecified atom stereocenters. The Morgan fingerprint density at radius 1 is 0.840 bits per heavy atom. The summed E-state index contributed by atoms with van der Waals surface area (Å²) in [5.41, 5.74) is 4.65. The number of nitrogens with zero attached hydrogens (tertiary/aromatic N) is 1. The Kier molecular flexibility index (Phi) is 7.59. The van der Waals surface area contributed by atoms with E-state index in [1.54, 1.807) is 7.11 Å². The second kappa shape index (κ2) is 9.93. The summed E-state index contributed by atoms with van der Waals surface area (Å²) in [6.07, 6.45) is 4.94. The molecule has 0 bridgehead atoms. The number of hydrogen-bond acceptors (Lipinski definition) is 2. The van der Waals surface area contributed by atoms with E-state index in [4.69, 9.17) is 4.74 Å². The molecule has 0 saturated heterocycles. The summed E-state index contributed by atoms with van der Waals surface area (Å²) in [7, 11) is 1.69. The molecule has 0 aliphatic rings. The summed E-state index contributed by atoms with van der Waals surface area (Å²) in [6.45, 7) is 11.0. The fourth-order valence-electron chi connectivity index (χ4n) is 2.90. The van der Waals surface area contributed by atoms with Gasteiger partial charge in [0.25, 0.3) is 0 Å². The van der Waals surface area contributed by atoms with Crippen LogP contribution >= 0.6 is 0 Å². The molecule has 0 aromatic heterocycles. The molecule has 2 heteroatoms. The minimum atomic E-state index is 0.870. The van der Waals surface area contributed by atoms with Crippen molar-refractivity contribution in [3.05, 3.63) is 66.2 Å². The number of rotatable bonds is 10. The van der Waals surface area contributed by atoms with Crippen molar-refractivity contribution in [2.75, 3.05) is 25.1 Å². The average Bonchev–Trinajstić information content (AvgIpc) is 2.68. The molecule has 25 heavy (non-hydrogen) atoms. The van der Waals surface area contributed by atoms with E-state index in [9.17, 15) is 0 Å². The lowest BCUT2D eigenvalue weighted by Gasteiger charge is -2.25. The van der Waals surface area contributed by atoms with Gasteiger partial charge in [-0.1, -0.05) is 57.5 Å². The highest BCUT2D eigenvalue weighted by molar-refractivity contribution is 5.79. The van der Waals surface area contributed by atoms with Crippen LogP contribution in [0.3, 0.4) is 0 Å². The molecule has 0 fully saturated rings. The molecule has 0 aliphatic heterocycles. The smallest absolute Gasteiger partial charge is 0.118 e. The van der Waals surface area contributed by atoms with Crippen LogP contribution in [0.2, 0.25) is 0 Å². The quantitative estimate of drug-likeness (QED) is 0.514. The minimum Gasteiger partial charge on any atom is -0.497 e. The molecule has 0 amide bonds. The Morgan fingerprint density at radius 2 is 1.32 bits per heavy atom. The molecule has 2 rings (SSSR count). The first kappa shape index (κ1) is 19.1. The van der Waals surface area contributed by atoms with Crippen LogP contribution in [-0.4, -0.2) is 20.2 Å². The van der Waals surface area contributed by atoms with E-state index in [0.29, 0.717) is 0 Å². The van der Waals surface area contributed by atoms with Crippen molar-refractivity contribution >= 4 is 11.3 Å². The number of methoxy groups -OCH3 is 1. The maximum absolute atomic E-state index is 5.23. The van der Waals surface area contributed by atoms with E-state index in [1.165, 1.54) is 36.9 Å². The third-order valence-corrected chi connectivity index (χ3v) is 4.58. The van der Waals surface area contributed by atoms with Gasteiger partial charge in [0.1, 0.15) is 5.75 Å². The maximum atomic E-state index is 5.23. The van der Waals surface area contributed by atoms with E-state index in [1.807, 2.05) is 12.1 Å². The van der Waals surface area contributed by atoms with E-state index >= 15 is 0 Å². The van der Waals surface area contributed by atoms with Crippen molar-refractivity contribution in [3.63, 3.8) is 0 Å². The van der Waals surface area contributed by atoms with Gasteiger partial charge in [0, 0.05) is 18.8 Å². The van der Waals surface area contributed by atoms with Crippen molar-refractivity contribution in [1.82, 2.24) is 0 Å². The fraction of sp³-hybridized carbons (Fsp3) is 0.391. The molecular weight excluding hydrogens is 306 g/mol. The Bertz CT molecular complexity index is 635. The minimum absolute atomic E-state index is 0.870. The monoisotopic (exact) mass is 337 g/mol. The average molecular weight is 338 g/mol. The first-order chi connectivity index (χ1) is 12.2. The number of anilines is 1. The number of unbranched alkanes of at least 4 members (excludes halogenated alkanes) is 2. The topological polar surface area (TPSA) is 12.5 Å². The molecule has 0 saturated carbocycles. The van der Waals surface area contributed by atoms with Gasteiger partial charge < -0.3 is 9.64 Å². The lowest BCUT2D eigenvalue weighted by molar-refractivity contribution is 0.415. The molecular formula is C23H31NO. The number of hydrogen-bond donors (Lipinski definition) is 0. The number of benzene rings is 2. The molecule has 0 N–H and O–H groups in total. The Balaban J connectivity index is 2.11. The normalized spacial score (nSPS) is 10.5. The van der Waals surface area contributed by atoms with Crippen LogP contribution in [0, 0.1) is 0 Å². The summed E-state index contributed by atoms with van der Waals surface area (Å²) in [4.78, 5) is 2.51. The third kappa shape index (κ3) is 5.38. The highest BCUT2D eigenvalue weighted by Gasteiger charge is 2.07. The predicted octanol–water partition coefficient (Wildman–Crippen LogP) is 6.16. The van der Waals surface area contributed by atoms with Gasteiger partial charge in [-0.2, -0.15) is 0 Å². The van der Waals surface area contributed by atoms with Gasteiger partial charge in [-0.15, -0.1) is 0 Å². The molecule has 2 aromatic carbocycles. The molecule has 2 aromatic rings. The van der Waals surface area contributed by atoms with Crippen molar-refractivity contribution in [3.8, 4) is 5.75 Å². The van der Waals surface area contributed by atoms with Crippen molar-refractivity contribution in [2.45, 2.75) is 39.5 Å². The molecule has 0 atom stereocenters. The first-order valence-corrected chi connectivity index (χ1v) is 9.38. The Morgan fingerprint density at radius 3 is 1.76 bits per heavy atom. The summed E-state index contributed by atoms with van der Waals surface area (Å²) in [6, 6.07) is 16.9. The highest BCUT2D eigenvalue weighted by Crippen LogP contribution is 2.26. The van der Waals surface area contributed by atoms with Crippen LogP contribution in [0.4, 0.5) is 5.69 Å². The zero-order valence-corrected chi connectivity index (χ0v) is 15.9. The lowest BCUT2D eigenvalue weighted by atomic mass is 9.99. The van der Waals surface area contributed by atoms with Gasteiger partial charge in [0.2, 0.25) is 0 Å². The van der Waals surface area contributed by atoms with Crippen LogP contribution in [0.1, 0.15) is 50.7 Å². The van der Waals surface area contributed by atoms with E-state index < -0.39 is 0 Å². The Hall–Kier alpha value is -2.22. The Labute approximate surface area is 153 Å². The summed E-state index contributed by atoms with van der Waals surface area (Å²) in [5.74, 6) is 0.870. The van der Waals surface area contributed by atoms with Crippen LogP contribution in [0.5, 0.6) is 5.75 Å². The van der Waals surface area contributed by atoms with Crippen LogP contribution in [-0.2, 0) is 0 Å². The molecule has 0 aliphatic carbocycles. The maximum Gasteiger partial charge on any atom is 0.118 e. The van der Waals surface area contributed by atoms with E-state index in [2.05, 4.69) is 61.7 Å². The van der Waals surface area contributed by atoms with Crippen molar-refractivity contribution in [2.24, 2.45) is 0 Å². The molecule has 2 nitrogen and oxygen atoms in total. The molecule has 134 valence electrons. The molecule has 0 heterocycles. The fourth-order valence-corrected chi connectivity index (χ4v) is 2.90. The molecule has 0 radical (unpaired) electrons. The van der Waals surface area contributed by atoms with Gasteiger partial charge >= 0.3 is 0 Å². The van der Waals surface area contributed by atoms with Crippen molar-refractivity contribution < 1.29 is 4.74 Å². The standard InChI is InChI=1S/C23H31NO/c1-5-7-17-24(18-8-6-2)22-13-9-20(10-14-22)19(3)21-11-15-23(25-4)16-12-21/h9-16H,3,5-8,17-18H2,1-2,4H3. The SMILES string of the molecule is C=C(c1ccc(OC)cc1)c1ccc(N(CCCC)CCCC)cc1. The lowest BCUT2D eigenvalue weighted by Crippen LogP contribution is -2.25. The van der Waals surface area contributed by atoms with E-state index in [-0.39, 0.29) is 0 Å². The largest absolute Gasteiger partial charge is 0.497 e. The van der Waals surface area contributed by atoms with Gasteiger partial charge in [0.05, 0.1) is 7.11 Å². The van der Waals surface area contributed by atoms with Crippen molar-refractivity contribution in [1.29, 1.82) is 0 Å².